The topological polar surface area (TPSA) is 47.3 Å². The molecule has 4 heteroatoms. The Morgan fingerprint density at radius 1 is 1.33 bits per heavy atom. The third-order valence-electron chi connectivity index (χ3n) is 3.18. The monoisotopic (exact) mass is 286 g/mol. The van der Waals surface area contributed by atoms with Gasteiger partial charge in [0, 0.05) is 38.6 Å². The van der Waals surface area contributed by atoms with Crippen LogP contribution >= 0.6 is 0 Å². The number of benzene rings is 1. The van der Waals surface area contributed by atoms with E-state index in [0.29, 0.717) is 19.6 Å². The van der Waals surface area contributed by atoms with Crippen LogP contribution in [0.15, 0.2) is 49.1 Å². The fourth-order valence-electron chi connectivity index (χ4n) is 1.99. The van der Waals surface area contributed by atoms with Crippen LogP contribution in [0.5, 0.6) is 0 Å². The maximum absolute atomic E-state index is 9.79. The third-order valence-corrected chi connectivity index (χ3v) is 3.18. The van der Waals surface area contributed by atoms with Crippen molar-refractivity contribution in [2.24, 2.45) is 0 Å². The van der Waals surface area contributed by atoms with Crippen LogP contribution in [0, 0.1) is 0 Å². The van der Waals surface area contributed by atoms with Crippen LogP contribution in [-0.2, 0) is 11.3 Å². The largest absolute Gasteiger partial charge is 0.389 e. The summed E-state index contributed by atoms with van der Waals surface area (Å²) < 4.78 is 7.25. The second-order valence-electron chi connectivity index (χ2n) is 4.89. The van der Waals surface area contributed by atoms with Gasteiger partial charge in [-0.25, -0.2) is 4.98 Å². The van der Waals surface area contributed by atoms with Gasteiger partial charge in [-0.3, -0.25) is 0 Å². The van der Waals surface area contributed by atoms with Crippen LogP contribution in [0.3, 0.4) is 0 Å². The van der Waals surface area contributed by atoms with E-state index >= 15 is 0 Å². The standard InChI is InChI=1S/C17H22N2O2/c1-2-21-12-9-17(20)8-7-15-3-5-16(6-4-15)13-19-11-10-18-14-19/h3-8,10-11,14,17,20H,2,9,12-13H2,1H3. The molecule has 1 N–H and O–H groups in total. The highest BCUT2D eigenvalue weighted by molar-refractivity contribution is 5.50. The van der Waals surface area contributed by atoms with Crippen LogP contribution in [0.2, 0.25) is 0 Å². The molecule has 0 amide bonds. The predicted molar refractivity (Wildman–Crippen MR) is 83.9 cm³/mol. The van der Waals surface area contributed by atoms with Crippen molar-refractivity contribution >= 4 is 6.08 Å². The Morgan fingerprint density at radius 3 is 2.81 bits per heavy atom. The van der Waals surface area contributed by atoms with E-state index in [4.69, 9.17) is 4.74 Å². The van der Waals surface area contributed by atoms with Crippen molar-refractivity contribution in [1.82, 2.24) is 9.55 Å². The van der Waals surface area contributed by atoms with E-state index in [2.05, 4.69) is 29.2 Å². The molecule has 2 aromatic rings. The molecule has 0 saturated carbocycles. The van der Waals surface area contributed by atoms with E-state index < -0.39 is 6.10 Å². The fourth-order valence-corrected chi connectivity index (χ4v) is 1.99. The predicted octanol–water partition coefficient (Wildman–Crippen LogP) is 2.73. The minimum atomic E-state index is -0.456. The minimum Gasteiger partial charge on any atom is -0.389 e. The molecule has 0 spiro atoms. The van der Waals surface area contributed by atoms with Gasteiger partial charge in [0.05, 0.1) is 12.4 Å². The van der Waals surface area contributed by atoms with Crippen LogP contribution in [0.1, 0.15) is 24.5 Å². The van der Waals surface area contributed by atoms with Crippen molar-refractivity contribution in [2.45, 2.75) is 26.0 Å². The van der Waals surface area contributed by atoms with E-state index in [1.165, 1.54) is 5.56 Å². The second-order valence-corrected chi connectivity index (χ2v) is 4.89. The minimum absolute atomic E-state index is 0.456. The number of ether oxygens (including phenoxy) is 1. The summed E-state index contributed by atoms with van der Waals surface area (Å²) in [5.41, 5.74) is 2.31. The summed E-state index contributed by atoms with van der Waals surface area (Å²) in [6.07, 6.45) is 9.46. The Hall–Kier alpha value is -1.91. The van der Waals surface area contributed by atoms with Gasteiger partial charge in [-0.05, 0) is 18.1 Å². The number of hydrogen-bond donors (Lipinski definition) is 1. The van der Waals surface area contributed by atoms with Gasteiger partial charge >= 0.3 is 0 Å². The molecule has 4 nitrogen and oxygen atoms in total. The van der Waals surface area contributed by atoms with Crippen molar-refractivity contribution in [2.75, 3.05) is 13.2 Å². The number of imidazole rings is 1. The van der Waals surface area contributed by atoms with E-state index in [0.717, 1.165) is 12.1 Å². The van der Waals surface area contributed by atoms with Crippen molar-refractivity contribution in [3.05, 3.63) is 60.2 Å². The molecule has 1 heterocycles. The van der Waals surface area contributed by atoms with Crippen molar-refractivity contribution in [3.8, 4) is 0 Å². The summed E-state index contributed by atoms with van der Waals surface area (Å²) in [7, 11) is 0. The lowest BCUT2D eigenvalue weighted by Gasteiger charge is -2.06. The lowest BCUT2D eigenvalue weighted by molar-refractivity contribution is 0.107. The first-order valence-corrected chi connectivity index (χ1v) is 7.26. The highest BCUT2D eigenvalue weighted by Crippen LogP contribution is 2.09. The molecule has 1 unspecified atom stereocenters. The van der Waals surface area contributed by atoms with Crippen LogP contribution < -0.4 is 0 Å². The van der Waals surface area contributed by atoms with Gasteiger partial charge in [0.1, 0.15) is 0 Å². The molecule has 0 aliphatic rings. The fraction of sp³-hybridized carbons (Fsp3) is 0.353. The van der Waals surface area contributed by atoms with Gasteiger partial charge in [0.2, 0.25) is 0 Å². The number of aromatic nitrogens is 2. The zero-order chi connectivity index (χ0) is 14.9. The third kappa shape index (κ3) is 5.53. The summed E-state index contributed by atoms with van der Waals surface area (Å²) in [6.45, 7) is 4.05. The maximum atomic E-state index is 9.79. The van der Waals surface area contributed by atoms with Gasteiger partial charge < -0.3 is 14.4 Å². The van der Waals surface area contributed by atoms with Crippen LogP contribution in [0.25, 0.3) is 6.08 Å². The van der Waals surface area contributed by atoms with Gasteiger partial charge in [0.15, 0.2) is 0 Å². The lowest BCUT2D eigenvalue weighted by atomic mass is 10.1. The van der Waals surface area contributed by atoms with Crippen LogP contribution in [0.4, 0.5) is 0 Å². The maximum Gasteiger partial charge on any atom is 0.0949 e. The molecule has 0 saturated heterocycles. The highest BCUT2D eigenvalue weighted by Gasteiger charge is 1.99. The quantitative estimate of drug-likeness (QED) is 0.759. The average molecular weight is 286 g/mol. The first-order valence-electron chi connectivity index (χ1n) is 7.26. The van der Waals surface area contributed by atoms with Gasteiger partial charge in [-0.1, -0.05) is 36.4 Å². The first kappa shape index (κ1) is 15.5. The molecule has 0 bridgehead atoms. The number of nitrogens with zero attached hydrogens (tertiary/aromatic N) is 2. The van der Waals surface area contributed by atoms with Gasteiger partial charge in [-0.2, -0.15) is 0 Å². The zero-order valence-corrected chi connectivity index (χ0v) is 12.4. The Bertz CT molecular complexity index is 532. The summed E-state index contributed by atoms with van der Waals surface area (Å²) in [5, 5.41) is 9.79. The summed E-state index contributed by atoms with van der Waals surface area (Å²) in [4.78, 5) is 4.03. The number of rotatable bonds is 8. The Balaban J connectivity index is 1.84. The molecule has 112 valence electrons. The summed E-state index contributed by atoms with van der Waals surface area (Å²) >= 11 is 0. The lowest BCUT2D eigenvalue weighted by Crippen LogP contribution is -2.07. The Kier molecular flexibility index (Phi) is 6.19. The molecule has 0 radical (unpaired) electrons. The SMILES string of the molecule is CCOCCC(O)C=Cc1ccc(Cn2ccnc2)cc1. The highest BCUT2D eigenvalue weighted by atomic mass is 16.5. The van der Waals surface area contributed by atoms with Crippen molar-refractivity contribution in [1.29, 1.82) is 0 Å². The molecular formula is C17H22N2O2. The van der Waals surface area contributed by atoms with Gasteiger partial charge in [0.25, 0.3) is 0 Å². The molecule has 1 aromatic heterocycles. The molecule has 0 aliphatic carbocycles. The van der Waals surface area contributed by atoms with E-state index in [1.54, 1.807) is 6.20 Å². The molecule has 0 aliphatic heterocycles. The van der Waals surface area contributed by atoms with Crippen molar-refractivity contribution in [3.63, 3.8) is 0 Å². The first-order chi connectivity index (χ1) is 10.3. The molecule has 0 fully saturated rings. The average Bonchev–Trinajstić information content (AvgIpc) is 3.00. The van der Waals surface area contributed by atoms with Gasteiger partial charge in [-0.15, -0.1) is 0 Å². The number of aliphatic hydroxyl groups is 1. The van der Waals surface area contributed by atoms with E-state index in [9.17, 15) is 5.11 Å². The number of aliphatic hydroxyl groups excluding tert-OH is 1. The zero-order valence-electron chi connectivity index (χ0n) is 12.4. The summed E-state index contributed by atoms with van der Waals surface area (Å²) in [6, 6.07) is 8.29. The smallest absolute Gasteiger partial charge is 0.0949 e. The normalized spacial score (nSPS) is 12.9. The molecule has 1 aromatic carbocycles. The Morgan fingerprint density at radius 2 is 2.14 bits per heavy atom. The molecular weight excluding hydrogens is 264 g/mol. The molecule has 1 atom stereocenters. The Labute approximate surface area is 125 Å². The molecule has 2 rings (SSSR count). The number of hydrogen-bond acceptors (Lipinski definition) is 3. The second kappa shape index (κ2) is 8.39. The van der Waals surface area contributed by atoms with E-state index in [-0.39, 0.29) is 0 Å². The van der Waals surface area contributed by atoms with E-state index in [1.807, 2.05) is 36.2 Å². The summed E-state index contributed by atoms with van der Waals surface area (Å²) in [5.74, 6) is 0. The van der Waals surface area contributed by atoms with Crippen LogP contribution in [-0.4, -0.2) is 34.0 Å². The molecule has 21 heavy (non-hydrogen) atoms. The van der Waals surface area contributed by atoms with Crippen molar-refractivity contribution < 1.29 is 9.84 Å².